The molecule has 0 radical (unpaired) electrons. The van der Waals surface area contributed by atoms with Crippen LogP contribution < -0.4 is 5.32 Å². The molecule has 1 aromatic rings. The number of hydrogen-bond donors (Lipinski definition) is 1. The zero-order valence-corrected chi connectivity index (χ0v) is 10.4. The molecule has 1 aromatic heterocycles. The average Bonchev–Trinajstić information content (AvgIpc) is 2.60. The van der Waals surface area contributed by atoms with E-state index < -0.39 is 5.54 Å². The summed E-state index contributed by atoms with van der Waals surface area (Å²) in [5.41, 5.74) is 0.624. The van der Waals surface area contributed by atoms with Crippen LogP contribution in [-0.4, -0.2) is 18.6 Å². The summed E-state index contributed by atoms with van der Waals surface area (Å²) in [6.45, 7) is 6.41. The molecule has 0 saturated carbocycles. The minimum Gasteiger partial charge on any atom is -0.468 e. The van der Waals surface area contributed by atoms with E-state index in [0.29, 0.717) is 6.54 Å². The van der Waals surface area contributed by atoms with Gasteiger partial charge in [-0.05, 0) is 37.8 Å². The van der Waals surface area contributed by atoms with Crippen molar-refractivity contribution < 1.29 is 9.53 Å². The fraction of sp³-hybridized carbons (Fsp3) is 0.545. The Morgan fingerprint density at radius 1 is 1.60 bits per heavy atom. The first-order valence-electron chi connectivity index (χ1n) is 4.84. The number of rotatable bonds is 4. The zero-order valence-electron chi connectivity index (χ0n) is 9.59. The topological polar surface area (TPSA) is 38.3 Å². The monoisotopic (exact) mass is 227 g/mol. The molecule has 84 valence electrons. The van der Waals surface area contributed by atoms with Crippen molar-refractivity contribution in [2.75, 3.05) is 7.11 Å². The molecule has 0 spiro atoms. The van der Waals surface area contributed by atoms with Crippen LogP contribution in [0.5, 0.6) is 0 Å². The Kier molecular flexibility index (Phi) is 3.88. The number of carbonyl (C=O) groups excluding carboxylic acids is 1. The first-order chi connectivity index (χ1) is 6.97. The Labute approximate surface area is 94.5 Å². The third-order valence-electron chi connectivity index (χ3n) is 2.35. The number of nitrogens with one attached hydrogen (secondary N) is 1. The Hall–Kier alpha value is -0.870. The van der Waals surface area contributed by atoms with Gasteiger partial charge in [-0.2, -0.15) is 0 Å². The summed E-state index contributed by atoms with van der Waals surface area (Å²) in [5, 5.41) is 5.24. The fourth-order valence-electron chi connectivity index (χ4n) is 1.21. The van der Waals surface area contributed by atoms with Gasteiger partial charge in [0, 0.05) is 11.4 Å². The second kappa shape index (κ2) is 4.77. The van der Waals surface area contributed by atoms with Crippen LogP contribution in [0, 0.1) is 6.92 Å². The Balaban J connectivity index is 2.57. The molecule has 1 N–H and O–H groups in total. The molecular formula is C11H17NO2S. The van der Waals surface area contributed by atoms with E-state index in [9.17, 15) is 4.79 Å². The molecule has 0 saturated heterocycles. The molecule has 0 amide bonds. The first kappa shape index (κ1) is 12.2. The molecule has 0 aliphatic heterocycles. The van der Waals surface area contributed by atoms with Crippen LogP contribution in [0.25, 0.3) is 0 Å². The number of esters is 1. The predicted molar refractivity (Wildman–Crippen MR) is 62.0 cm³/mol. The average molecular weight is 227 g/mol. The summed E-state index contributed by atoms with van der Waals surface area (Å²) in [4.78, 5) is 12.7. The molecule has 0 aromatic carbocycles. The van der Waals surface area contributed by atoms with Crippen molar-refractivity contribution in [3.63, 3.8) is 0 Å². The molecule has 4 heteroatoms. The van der Waals surface area contributed by atoms with Crippen LogP contribution in [0.4, 0.5) is 0 Å². The quantitative estimate of drug-likeness (QED) is 0.800. The van der Waals surface area contributed by atoms with E-state index >= 15 is 0 Å². The highest BCUT2D eigenvalue weighted by Crippen LogP contribution is 2.16. The summed E-state index contributed by atoms with van der Waals surface area (Å²) < 4.78 is 4.72. The number of aryl methyl sites for hydroxylation is 1. The minimum atomic E-state index is -0.634. The molecule has 0 aliphatic rings. The largest absolute Gasteiger partial charge is 0.468 e. The number of thiophene rings is 1. The van der Waals surface area contributed by atoms with Crippen molar-refractivity contribution in [3.05, 3.63) is 21.9 Å². The molecule has 0 fully saturated rings. The van der Waals surface area contributed by atoms with Crippen LogP contribution >= 0.6 is 11.3 Å². The van der Waals surface area contributed by atoms with Crippen LogP contribution in [-0.2, 0) is 16.1 Å². The lowest BCUT2D eigenvalue weighted by atomic mass is 10.1. The summed E-state index contributed by atoms with van der Waals surface area (Å²) in [6.07, 6.45) is 0. The van der Waals surface area contributed by atoms with Crippen molar-refractivity contribution in [1.82, 2.24) is 5.32 Å². The number of ether oxygens (including phenoxy) is 1. The molecule has 0 aliphatic carbocycles. The van der Waals surface area contributed by atoms with Crippen LogP contribution in [0.2, 0.25) is 0 Å². The van der Waals surface area contributed by atoms with Gasteiger partial charge < -0.3 is 4.74 Å². The predicted octanol–water partition coefficient (Wildman–Crippen LogP) is 2.10. The second-order valence-corrected chi connectivity index (χ2v) is 5.00. The van der Waals surface area contributed by atoms with Crippen molar-refractivity contribution in [3.8, 4) is 0 Å². The normalized spacial score (nSPS) is 11.5. The summed E-state index contributed by atoms with van der Waals surface area (Å²) in [5.74, 6) is -0.239. The molecule has 15 heavy (non-hydrogen) atoms. The van der Waals surface area contributed by atoms with Crippen LogP contribution in [0.3, 0.4) is 0 Å². The lowest BCUT2D eigenvalue weighted by molar-refractivity contribution is -0.147. The molecule has 3 nitrogen and oxygen atoms in total. The highest BCUT2D eigenvalue weighted by Gasteiger charge is 2.27. The summed E-state index contributed by atoms with van der Waals surface area (Å²) in [6, 6.07) is 2.08. The van der Waals surface area contributed by atoms with Crippen LogP contribution in [0.15, 0.2) is 11.4 Å². The lowest BCUT2D eigenvalue weighted by Crippen LogP contribution is -2.46. The van der Waals surface area contributed by atoms with Gasteiger partial charge in [0.05, 0.1) is 7.11 Å². The second-order valence-electron chi connectivity index (χ2n) is 4.00. The highest BCUT2D eigenvalue weighted by atomic mass is 32.1. The van der Waals surface area contributed by atoms with Gasteiger partial charge in [0.15, 0.2) is 0 Å². The Morgan fingerprint density at radius 2 is 2.27 bits per heavy atom. The maximum Gasteiger partial charge on any atom is 0.325 e. The minimum absolute atomic E-state index is 0.239. The van der Waals surface area contributed by atoms with Gasteiger partial charge in [0.1, 0.15) is 5.54 Å². The third kappa shape index (κ3) is 3.04. The summed E-state index contributed by atoms with van der Waals surface area (Å²) in [7, 11) is 1.40. The maximum atomic E-state index is 11.4. The van der Waals surface area contributed by atoms with E-state index in [4.69, 9.17) is 4.74 Å². The van der Waals surface area contributed by atoms with Gasteiger partial charge in [-0.25, -0.2) is 0 Å². The fourth-order valence-corrected chi connectivity index (χ4v) is 2.06. The molecular weight excluding hydrogens is 210 g/mol. The van der Waals surface area contributed by atoms with Crippen molar-refractivity contribution in [2.45, 2.75) is 32.9 Å². The van der Waals surface area contributed by atoms with E-state index in [-0.39, 0.29) is 5.97 Å². The molecule has 0 unspecified atom stereocenters. The van der Waals surface area contributed by atoms with Crippen LogP contribution in [0.1, 0.15) is 24.3 Å². The maximum absolute atomic E-state index is 11.4. The Morgan fingerprint density at radius 3 is 2.73 bits per heavy atom. The van der Waals surface area contributed by atoms with E-state index in [1.165, 1.54) is 17.6 Å². The van der Waals surface area contributed by atoms with E-state index in [1.807, 2.05) is 13.8 Å². The SMILES string of the molecule is COC(=O)C(C)(C)NCc1sccc1C. The van der Waals surface area contributed by atoms with Gasteiger partial charge >= 0.3 is 5.97 Å². The number of carbonyl (C=O) groups is 1. The van der Waals surface area contributed by atoms with Crippen molar-refractivity contribution >= 4 is 17.3 Å². The van der Waals surface area contributed by atoms with E-state index in [0.717, 1.165) is 0 Å². The highest BCUT2D eigenvalue weighted by molar-refractivity contribution is 7.10. The smallest absolute Gasteiger partial charge is 0.325 e. The Bertz CT molecular complexity index is 344. The van der Waals surface area contributed by atoms with E-state index in [2.05, 4.69) is 23.7 Å². The van der Waals surface area contributed by atoms with E-state index in [1.54, 1.807) is 11.3 Å². The molecule has 1 heterocycles. The van der Waals surface area contributed by atoms with Gasteiger partial charge in [-0.15, -0.1) is 11.3 Å². The summed E-state index contributed by atoms with van der Waals surface area (Å²) >= 11 is 1.69. The number of hydrogen-bond acceptors (Lipinski definition) is 4. The molecule has 0 atom stereocenters. The van der Waals surface area contributed by atoms with Gasteiger partial charge in [0.25, 0.3) is 0 Å². The number of methoxy groups -OCH3 is 1. The van der Waals surface area contributed by atoms with Gasteiger partial charge in [0.2, 0.25) is 0 Å². The van der Waals surface area contributed by atoms with Crippen molar-refractivity contribution in [1.29, 1.82) is 0 Å². The van der Waals surface area contributed by atoms with Gasteiger partial charge in [-0.1, -0.05) is 0 Å². The van der Waals surface area contributed by atoms with Crippen molar-refractivity contribution in [2.24, 2.45) is 0 Å². The zero-order chi connectivity index (χ0) is 11.5. The standard InChI is InChI=1S/C11H17NO2S/c1-8-5-6-15-9(8)7-12-11(2,3)10(13)14-4/h5-6,12H,7H2,1-4H3. The third-order valence-corrected chi connectivity index (χ3v) is 3.38. The molecule has 0 bridgehead atoms. The lowest BCUT2D eigenvalue weighted by Gasteiger charge is -2.22. The molecule has 1 rings (SSSR count). The first-order valence-corrected chi connectivity index (χ1v) is 5.72. The van der Waals surface area contributed by atoms with Gasteiger partial charge in [-0.3, -0.25) is 10.1 Å².